The maximum Gasteiger partial charge on any atom is 0.111 e. The molecule has 0 fully saturated rings. The fourth-order valence-corrected chi connectivity index (χ4v) is 2.36. The molecule has 0 bridgehead atoms. The SMILES string of the molecule is Cc1ccc(C(N)C(C)n2ccnc2C(C)C)cc1. The number of rotatable bonds is 4. The van der Waals surface area contributed by atoms with E-state index in [0.29, 0.717) is 5.92 Å². The molecule has 0 radical (unpaired) electrons. The largest absolute Gasteiger partial charge is 0.330 e. The second-order valence-electron chi connectivity index (χ2n) is 5.52. The van der Waals surface area contributed by atoms with Crippen LogP contribution in [0, 0.1) is 6.92 Å². The molecule has 1 aromatic carbocycles. The summed E-state index contributed by atoms with van der Waals surface area (Å²) in [4.78, 5) is 4.43. The molecule has 2 N–H and O–H groups in total. The Balaban J connectivity index is 2.25. The van der Waals surface area contributed by atoms with Gasteiger partial charge in [0.05, 0.1) is 12.1 Å². The Hall–Kier alpha value is -1.61. The third-order valence-electron chi connectivity index (χ3n) is 3.64. The summed E-state index contributed by atoms with van der Waals surface area (Å²) in [6, 6.07) is 8.62. The minimum absolute atomic E-state index is 0.0210. The molecule has 0 spiro atoms. The molecule has 1 aromatic heterocycles. The van der Waals surface area contributed by atoms with E-state index in [-0.39, 0.29) is 12.1 Å². The van der Waals surface area contributed by atoms with Crippen molar-refractivity contribution in [2.75, 3.05) is 0 Å². The van der Waals surface area contributed by atoms with Gasteiger partial charge < -0.3 is 10.3 Å². The molecule has 3 nitrogen and oxygen atoms in total. The summed E-state index contributed by atoms with van der Waals surface area (Å²) in [6.45, 7) is 8.55. The fourth-order valence-electron chi connectivity index (χ4n) is 2.36. The maximum atomic E-state index is 6.40. The smallest absolute Gasteiger partial charge is 0.111 e. The first-order chi connectivity index (χ1) is 9.00. The Labute approximate surface area is 115 Å². The minimum Gasteiger partial charge on any atom is -0.330 e. The third-order valence-corrected chi connectivity index (χ3v) is 3.64. The Morgan fingerprint density at radius 1 is 1.11 bits per heavy atom. The number of aryl methyl sites for hydroxylation is 1. The molecular weight excluding hydrogens is 234 g/mol. The molecule has 0 amide bonds. The van der Waals surface area contributed by atoms with E-state index in [1.165, 1.54) is 11.1 Å². The van der Waals surface area contributed by atoms with Crippen molar-refractivity contribution < 1.29 is 0 Å². The number of nitrogens with two attached hydrogens (primary N) is 1. The predicted octanol–water partition coefficient (Wildman–Crippen LogP) is 3.58. The van der Waals surface area contributed by atoms with Gasteiger partial charge in [-0.15, -0.1) is 0 Å². The number of nitrogens with zero attached hydrogens (tertiary/aromatic N) is 2. The van der Waals surface area contributed by atoms with Gasteiger partial charge in [0.1, 0.15) is 5.82 Å². The Bertz CT molecular complexity index is 525. The van der Waals surface area contributed by atoms with E-state index in [0.717, 1.165) is 5.82 Å². The second kappa shape index (κ2) is 5.57. The van der Waals surface area contributed by atoms with Gasteiger partial charge >= 0.3 is 0 Å². The summed E-state index contributed by atoms with van der Waals surface area (Å²) in [5.41, 5.74) is 8.83. The molecular formula is C16H23N3. The molecule has 102 valence electrons. The summed E-state index contributed by atoms with van der Waals surface area (Å²) < 4.78 is 2.19. The first-order valence-electron chi connectivity index (χ1n) is 6.85. The predicted molar refractivity (Wildman–Crippen MR) is 79.1 cm³/mol. The molecule has 2 aromatic rings. The van der Waals surface area contributed by atoms with Crippen molar-refractivity contribution >= 4 is 0 Å². The van der Waals surface area contributed by atoms with Gasteiger partial charge in [0.25, 0.3) is 0 Å². The summed E-state index contributed by atoms with van der Waals surface area (Å²) in [6.07, 6.45) is 3.88. The molecule has 2 unspecified atom stereocenters. The molecule has 1 heterocycles. The first kappa shape index (κ1) is 13.8. The van der Waals surface area contributed by atoms with E-state index in [4.69, 9.17) is 5.73 Å². The fraction of sp³-hybridized carbons (Fsp3) is 0.438. The van der Waals surface area contributed by atoms with Gasteiger partial charge in [-0.2, -0.15) is 0 Å². The number of imidazole rings is 1. The molecule has 0 aliphatic rings. The third kappa shape index (κ3) is 2.87. The van der Waals surface area contributed by atoms with Crippen LogP contribution in [0.25, 0.3) is 0 Å². The van der Waals surface area contributed by atoms with E-state index in [1.807, 2.05) is 12.4 Å². The summed E-state index contributed by atoms with van der Waals surface area (Å²) in [5, 5.41) is 0. The molecule has 0 aliphatic carbocycles. The molecule has 2 atom stereocenters. The van der Waals surface area contributed by atoms with Gasteiger partial charge in [-0.1, -0.05) is 43.7 Å². The second-order valence-corrected chi connectivity index (χ2v) is 5.52. The Kier molecular flexibility index (Phi) is 4.05. The average Bonchev–Trinajstić information content (AvgIpc) is 2.87. The van der Waals surface area contributed by atoms with Crippen molar-refractivity contribution in [2.45, 2.75) is 45.7 Å². The molecule has 0 saturated heterocycles. The van der Waals surface area contributed by atoms with Gasteiger partial charge in [-0.3, -0.25) is 0 Å². The van der Waals surface area contributed by atoms with Crippen LogP contribution in [0.15, 0.2) is 36.7 Å². The van der Waals surface area contributed by atoms with E-state index in [2.05, 4.69) is 61.5 Å². The van der Waals surface area contributed by atoms with E-state index < -0.39 is 0 Å². The lowest BCUT2D eigenvalue weighted by Crippen LogP contribution is -2.23. The number of hydrogen-bond donors (Lipinski definition) is 1. The highest BCUT2D eigenvalue weighted by Crippen LogP contribution is 2.27. The van der Waals surface area contributed by atoms with Gasteiger partial charge in [-0.05, 0) is 19.4 Å². The number of hydrogen-bond acceptors (Lipinski definition) is 2. The van der Waals surface area contributed by atoms with E-state index in [9.17, 15) is 0 Å². The van der Waals surface area contributed by atoms with Crippen LogP contribution in [0.4, 0.5) is 0 Å². The van der Waals surface area contributed by atoms with Crippen molar-refractivity contribution in [2.24, 2.45) is 5.73 Å². The lowest BCUT2D eigenvalue weighted by Gasteiger charge is -2.24. The molecule has 2 rings (SSSR count). The van der Waals surface area contributed by atoms with Crippen LogP contribution in [0.5, 0.6) is 0 Å². The summed E-state index contributed by atoms with van der Waals surface area (Å²) >= 11 is 0. The average molecular weight is 257 g/mol. The van der Waals surface area contributed by atoms with Crippen molar-refractivity contribution in [3.8, 4) is 0 Å². The van der Waals surface area contributed by atoms with Crippen LogP contribution in [-0.4, -0.2) is 9.55 Å². The van der Waals surface area contributed by atoms with Gasteiger partial charge in [-0.25, -0.2) is 4.98 Å². The zero-order chi connectivity index (χ0) is 14.0. The van der Waals surface area contributed by atoms with Crippen LogP contribution < -0.4 is 5.73 Å². The topological polar surface area (TPSA) is 43.8 Å². The van der Waals surface area contributed by atoms with Gasteiger partial charge in [0.15, 0.2) is 0 Å². The van der Waals surface area contributed by atoms with Crippen LogP contribution in [0.2, 0.25) is 0 Å². The highest BCUT2D eigenvalue weighted by molar-refractivity contribution is 5.25. The van der Waals surface area contributed by atoms with Crippen molar-refractivity contribution in [3.05, 3.63) is 53.6 Å². The van der Waals surface area contributed by atoms with Crippen molar-refractivity contribution in [1.29, 1.82) is 0 Å². The normalized spacial score (nSPS) is 14.6. The Morgan fingerprint density at radius 3 is 2.32 bits per heavy atom. The van der Waals surface area contributed by atoms with Gasteiger partial charge in [0, 0.05) is 18.3 Å². The highest BCUT2D eigenvalue weighted by atomic mass is 15.1. The molecule has 0 saturated carbocycles. The maximum absolute atomic E-state index is 6.40. The van der Waals surface area contributed by atoms with Crippen LogP contribution >= 0.6 is 0 Å². The van der Waals surface area contributed by atoms with Crippen molar-refractivity contribution in [3.63, 3.8) is 0 Å². The number of benzene rings is 1. The molecule has 0 aliphatic heterocycles. The zero-order valence-electron chi connectivity index (χ0n) is 12.2. The first-order valence-corrected chi connectivity index (χ1v) is 6.85. The van der Waals surface area contributed by atoms with Crippen LogP contribution in [0.1, 0.15) is 55.7 Å². The van der Waals surface area contributed by atoms with Crippen LogP contribution in [-0.2, 0) is 0 Å². The highest BCUT2D eigenvalue weighted by Gasteiger charge is 2.19. The quantitative estimate of drug-likeness (QED) is 0.910. The lowest BCUT2D eigenvalue weighted by molar-refractivity contribution is 0.432. The molecule has 19 heavy (non-hydrogen) atoms. The monoisotopic (exact) mass is 257 g/mol. The molecule has 3 heteroatoms. The van der Waals surface area contributed by atoms with E-state index in [1.54, 1.807) is 0 Å². The summed E-state index contributed by atoms with van der Waals surface area (Å²) in [5.74, 6) is 1.50. The number of aromatic nitrogens is 2. The summed E-state index contributed by atoms with van der Waals surface area (Å²) in [7, 11) is 0. The standard InChI is InChI=1S/C16H23N3/c1-11(2)16-18-9-10-19(16)13(4)15(17)14-7-5-12(3)6-8-14/h5-11,13,15H,17H2,1-4H3. The lowest BCUT2D eigenvalue weighted by atomic mass is 9.99. The zero-order valence-corrected chi connectivity index (χ0v) is 12.2. The van der Waals surface area contributed by atoms with Crippen LogP contribution in [0.3, 0.4) is 0 Å². The Morgan fingerprint density at radius 2 is 1.74 bits per heavy atom. The van der Waals surface area contributed by atoms with E-state index >= 15 is 0 Å². The minimum atomic E-state index is -0.0210. The van der Waals surface area contributed by atoms with Gasteiger partial charge in [0.2, 0.25) is 0 Å². The van der Waals surface area contributed by atoms with Crippen molar-refractivity contribution in [1.82, 2.24) is 9.55 Å².